The Hall–Kier alpha value is -2.43. The van der Waals surface area contributed by atoms with Gasteiger partial charge in [0.2, 0.25) is 15.7 Å². The number of H-pyrrole nitrogens is 1. The molecule has 0 spiro atoms. The number of rotatable bonds is 6. The van der Waals surface area contributed by atoms with Crippen molar-refractivity contribution in [2.24, 2.45) is 0 Å². The van der Waals surface area contributed by atoms with Gasteiger partial charge in [-0.1, -0.05) is 45.4 Å². The minimum absolute atomic E-state index is 0.00810. The number of carbonyl (C=O) groups excluding carboxylic acids is 1. The van der Waals surface area contributed by atoms with Gasteiger partial charge in [-0.3, -0.25) is 9.59 Å². The van der Waals surface area contributed by atoms with Gasteiger partial charge in [0.1, 0.15) is 0 Å². The molecule has 1 amide bonds. The first-order chi connectivity index (χ1) is 14.2. The lowest BCUT2D eigenvalue weighted by molar-refractivity contribution is -0.113. The van der Waals surface area contributed by atoms with Crippen molar-refractivity contribution < 1.29 is 13.2 Å². The van der Waals surface area contributed by atoms with Crippen molar-refractivity contribution in [3.05, 3.63) is 74.6 Å². The number of nitrogens with zero attached hydrogens (tertiary/aromatic N) is 1. The summed E-state index contributed by atoms with van der Waals surface area (Å²) < 4.78 is 26.0. The lowest BCUT2D eigenvalue weighted by Gasteiger charge is -2.09. The van der Waals surface area contributed by atoms with Gasteiger partial charge in [-0.2, -0.15) is 0 Å². The Balaban J connectivity index is 1.70. The van der Waals surface area contributed by atoms with E-state index in [0.717, 1.165) is 33.6 Å². The highest BCUT2D eigenvalue weighted by Crippen LogP contribution is 2.21. The Morgan fingerprint density at radius 1 is 1.17 bits per heavy atom. The molecule has 0 bridgehead atoms. The second-order valence-corrected chi connectivity index (χ2v) is 10.3. The van der Waals surface area contributed by atoms with Crippen LogP contribution in [0.5, 0.6) is 0 Å². The van der Waals surface area contributed by atoms with Crippen LogP contribution in [0.4, 0.5) is 5.69 Å². The maximum Gasteiger partial charge on any atom is 0.270 e. The number of benzene rings is 2. The summed E-state index contributed by atoms with van der Waals surface area (Å²) in [7, 11) is -4.00. The molecular formula is C20H18BrN3O4S2. The van der Waals surface area contributed by atoms with Crippen LogP contribution in [0.1, 0.15) is 11.1 Å². The Morgan fingerprint density at radius 3 is 2.50 bits per heavy atom. The molecule has 0 saturated carbocycles. The first-order valence-corrected chi connectivity index (χ1v) is 12.0. The van der Waals surface area contributed by atoms with E-state index in [1.165, 1.54) is 12.1 Å². The van der Waals surface area contributed by atoms with Gasteiger partial charge < -0.3 is 10.3 Å². The zero-order valence-corrected chi connectivity index (χ0v) is 19.3. The Morgan fingerprint density at radius 2 is 1.87 bits per heavy atom. The molecular weight excluding hydrogens is 490 g/mol. The molecule has 3 aromatic rings. The molecule has 2 N–H and O–H groups in total. The first-order valence-electron chi connectivity index (χ1n) is 8.77. The van der Waals surface area contributed by atoms with Gasteiger partial charge in [0, 0.05) is 10.2 Å². The maximum atomic E-state index is 12.7. The fourth-order valence-electron chi connectivity index (χ4n) is 2.65. The second-order valence-electron chi connectivity index (χ2n) is 6.49. The molecule has 0 fully saturated rings. The number of aromatic nitrogens is 2. The van der Waals surface area contributed by atoms with Gasteiger partial charge in [-0.05, 0) is 49.7 Å². The lowest BCUT2D eigenvalue weighted by atomic mass is 10.1. The van der Waals surface area contributed by atoms with Gasteiger partial charge in [0.25, 0.3) is 5.56 Å². The highest BCUT2D eigenvalue weighted by Gasteiger charge is 2.22. The van der Waals surface area contributed by atoms with Gasteiger partial charge in [0.05, 0.1) is 16.8 Å². The van der Waals surface area contributed by atoms with E-state index >= 15 is 0 Å². The minimum atomic E-state index is -4.00. The Labute approximate surface area is 186 Å². The molecule has 1 heterocycles. The van der Waals surface area contributed by atoms with E-state index in [0.29, 0.717) is 5.69 Å². The van der Waals surface area contributed by atoms with Crippen LogP contribution in [0.25, 0.3) is 0 Å². The van der Waals surface area contributed by atoms with Crippen molar-refractivity contribution in [3.63, 3.8) is 0 Å². The molecule has 0 radical (unpaired) electrons. The summed E-state index contributed by atoms with van der Waals surface area (Å²) in [6.45, 7) is 3.87. The number of sulfone groups is 1. The van der Waals surface area contributed by atoms with Gasteiger partial charge in [-0.15, -0.1) is 0 Å². The third-order valence-electron chi connectivity index (χ3n) is 4.15. The molecule has 0 aliphatic rings. The number of hydrogen-bond donors (Lipinski definition) is 2. The van der Waals surface area contributed by atoms with Crippen molar-refractivity contribution in [1.29, 1.82) is 0 Å². The van der Waals surface area contributed by atoms with Crippen molar-refractivity contribution in [2.45, 2.75) is 28.8 Å². The molecule has 3 rings (SSSR count). The van der Waals surface area contributed by atoms with Crippen LogP contribution in [-0.2, 0) is 14.6 Å². The number of amides is 1. The monoisotopic (exact) mass is 507 g/mol. The van der Waals surface area contributed by atoms with E-state index < -0.39 is 20.3 Å². The number of anilines is 1. The van der Waals surface area contributed by atoms with E-state index in [-0.39, 0.29) is 21.7 Å². The number of hydrogen-bond acceptors (Lipinski definition) is 6. The normalized spacial score (nSPS) is 11.3. The fraction of sp³-hybridized carbons (Fsp3) is 0.150. The van der Waals surface area contributed by atoms with Gasteiger partial charge in [-0.25, -0.2) is 13.4 Å². The Bertz CT molecular complexity index is 1260. The van der Waals surface area contributed by atoms with Crippen molar-refractivity contribution in [1.82, 2.24) is 9.97 Å². The molecule has 10 heteroatoms. The third kappa shape index (κ3) is 5.18. The molecule has 1 aromatic heterocycles. The number of halogens is 1. The van der Waals surface area contributed by atoms with Crippen LogP contribution in [0.3, 0.4) is 0 Å². The average Bonchev–Trinajstić information content (AvgIpc) is 2.69. The van der Waals surface area contributed by atoms with Crippen LogP contribution in [0.2, 0.25) is 0 Å². The smallest absolute Gasteiger partial charge is 0.270 e. The molecule has 0 aliphatic carbocycles. The van der Waals surface area contributed by atoms with Crippen molar-refractivity contribution >= 4 is 49.1 Å². The summed E-state index contributed by atoms with van der Waals surface area (Å²) in [6.07, 6.45) is 1.01. The maximum absolute atomic E-state index is 12.7. The molecule has 0 aliphatic heterocycles. The zero-order valence-electron chi connectivity index (χ0n) is 16.1. The van der Waals surface area contributed by atoms with Crippen LogP contribution in [-0.4, -0.2) is 30.0 Å². The molecule has 0 unspecified atom stereocenters. The SMILES string of the molecule is Cc1ccc(NC(=O)CSc2ncc(S(=O)(=O)c3ccc(Br)cc3)c(=O)[nH]2)c(C)c1. The predicted octanol–water partition coefficient (Wildman–Crippen LogP) is 3.71. The van der Waals surface area contributed by atoms with Crippen LogP contribution in [0, 0.1) is 13.8 Å². The number of carbonyl (C=O) groups is 1. The van der Waals surface area contributed by atoms with E-state index in [2.05, 4.69) is 31.2 Å². The summed E-state index contributed by atoms with van der Waals surface area (Å²) in [5.41, 5.74) is 1.97. The highest BCUT2D eigenvalue weighted by molar-refractivity contribution is 9.10. The number of thioether (sulfide) groups is 1. The molecule has 30 heavy (non-hydrogen) atoms. The number of aryl methyl sites for hydroxylation is 2. The molecule has 156 valence electrons. The highest BCUT2D eigenvalue weighted by atomic mass is 79.9. The predicted molar refractivity (Wildman–Crippen MR) is 120 cm³/mol. The summed E-state index contributed by atoms with van der Waals surface area (Å²) >= 11 is 4.25. The molecule has 0 atom stereocenters. The van der Waals surface area contributed by atoms with Crippen molar-refractivity contribution in [2.75, 3.05) is 11.1 Å². The third-order valence-corrected chi connectivity index (χ3v) is 7.33. The summed E-state index contributed by atoms with van der Waals surface area (Å²) in [5, 5.41) is 2.96. The average molecular weight is 508 g/mol. The van der Waals surface area contributed by atoms with Gasteiger partial charge in [0.15, 0.2) is 10.1 Å². The fourth-order valence-corrected chi connectivity index (χ4v) is 4.78. The molecule has 2 aromatic carbocycles. The van der Waals surface area contributed by atoms with E-state index in [4.69, 9.17) is 0 Å². The standard InChI is InChI=1S/C20H18BrN3O4S2/c1-12-3-8-16(13(2)9-12)23-18(25)11-29-20-22-10-17(19(26)24-20)30(27,28)15-6-4-14(21)5-7-15/h3-10H,11H2,1-2H3,(H,23,25)(H,22,24,26). The summed E-state index contributed by atoms with van der Waals surface area (Å²) in [4.78, 5) is 30.5. The number of aromatic amines is 1. The van der Waals surface area contributed by atoms with Crippen molar-refractivity contribution in [3.8, 4) is 0 Å². The Kier molecular flexibility index (Phi) is 6.79. The summed E-state index contributed by atoms with van der Waals surface area (Å²) in [6, 6.07) is 11.7. The van der Waals surface area contributed by atoms with Crippen LogP contribution >= 0.6 is 27.7 Å². The van der Waals surface area contributed by atoms with Crippen LogP contribution < -0.4 is 10.9 Å². The molecule has 7 nitrogen and oxygen atoms in total. The topological polar surface area (TPSA) is 109 Å². The van der Waals surface area contributed by atoms with E-state index in [1.54, 1.807) is 12.1 Å². The van der Waals surface area contributed by atoms with E-state index in [9.17, 15) is 18.0 Å². The lowest BCUT2D eigenvalue weighted by Crippen LogP contribution is -2.20. The first kappa shape index (κ1) is 22.3. The van der Waals surface area contributed by atoms with E-state index in [1.807, 2.05) is 32.0 Å². The zero-order chi connectivity index (χ0) is 21.9. The quantitative estimate of drug-likeness (QED) is 0.388. The number of nitrogens with one attached hydrogen (secondary N) is 2. The van der Waals surface area contributed by atoms with Crippen LogP contribution in [0.15, 0.2) is 72.9 Å². The minimum Gasteiger partial charge on any atom is -0.325 e. The largest absolute Gasteiger partial charge is 0.325 e. The molecule has 0 saturated heterocycles. The van der Waals surface area contributed by atoms with Gasteiger partial charge >= 0.3 is 0 Å². The second kappa shape index (κ2) is 9.15. The summed E-state index contributed by atoms with van der Waals surface area (Å²) in [5.74, 6) is -0.254.